The van der Waals surface area contributed by atoms with E-state index in [-0.39, 0.29) is 5.41 Å². The van der Waals surface area contributed by atoms with Crippen LogP contribution in [0.3, 0.4) is 0 Å². The molecule has 0 atom stereocenters. The zero-order valence-corrected chi connectivity index (χ0v) is 17.0. The van der Waals surface area contributed by atoms with E-state index < -0.39 is 14.8 Å². The molecule has 1 aromatic heterocycles. The summed E-state index contributed by atoms with van der Waals surface area (Å²) in [5.74, 6) is 1.00. The molecule has 1 aliphatic rings. The van der Waals surface area contributed by atoms with Crippen LogP contribution in [0.4, 0.5) is 6.01 Å². The summed E-state index contributed by atoms with van der Waals surface area (Å²) in [7, 11) is -3.27. The van der Waals surface area contributed by atoms with Crippen LogP contribution in [-0.2, 0) is 15.4 Å². The van der Waals surface area contributed by atoms with Gasteiger partial charge in [-0.05, 0) is 52.4 Å². The Morgan fingerprint density at radius 1 is 1.04 bits per heavy atom. The van der Waals surface area contributed by atoms with Crippen molar-refractivity contribution in [2.45, 2.75) is 83.4 Å². The molecule has 1 aromatic rings. The maximum atomic E-state index is 12.1. The van der Waals surface area contributed by atoms with Gasteiger partial charge in [-0.2, -0.15) is 0 Å². The molecular formula is C17H32N4O3S. The fourth-order valence-electron chi connectivity index (χ4n) is 2.71. The average molecular weight is 373 g/mol. The highest BCUT2D eigenvalue weighted by Gasteiger charge is 2.30. The van der Waals surface area contributed by atoms with Crippen molar-refractivity contribution in [1.29, 1.82) is 0 Å². The highest BCUT2D eigenvalue weighted by Crippen LogP contribution is 2.28. The summed E-state index contributed by atoms with van der Waals surface area (Å²) >= 11 is 0. The zero-order valence-electron chi connectivity index (χ0n) is 16.2. The van der Waals surface area contributed by atoms with E-state index >= 15 is 0 Å². The van der Waals surface area contributed by atoms with Crippen molar-refractivity contribution in [2.24, 2.45) is 5.92 Å². The SMILES string of the molecule is CC(C)(C)c1nnc(NC2CCC(CNS(=O)(=O)C(C)(C)C)CC2)o1. The molecule has 2 N–H and O–H groups in total. The first-order valence-electron chi connectivity index (χ1n) is 8.98. The van der Waals surface area contributed by atoms with Crippen LogP contribution in [0.1, 0.15) is 73.1 Å². The predicted molar refractivity (Wildman–Crippen MR) is 99.0 cm³/mol. The summed E-state index contributed by atoms with van der Waals surface area (Å²) in [6.07, 6.45) is 3.89. The fraction of sp³-hybridized carbons (Fsp3) is 0.882. The molecule has 0 aliphatic heterocycles. The number of nitrogens with zero attached hydrogens (tertiary/aromatic N) is 2. The van der Waals surface area contributed by atoms with Gasteiger partial charge in [0.25, 0.3) is 0 Å². The first-order valence-corrected chi connectivity index (χ1v) is 10.5. The van der Waals surface area contributed by atoms with Crippen LogP contribution < -0.4 is 10.0 Å². The van der Waals surface area contributed by atoms with Gasteiger partial charge in [0.15, 0.2) is 0 Å². The molecule has 1 aliphatic carbocycles. The van der Waals surface area contributed by atoms with E-state index in [0.717, 1.165) is 25.7 Å². The van der Waals surface area contributed by atoms with Crippen molar-refractivity contribution in [3.63, 3.8) is 0 Å². The molecule has 1 fully saturated rings. The number of sulfonamides is 1. The Kier molecular flexibility index (Phi) is 5.83. The molecule has 144 valence electrons. The molecule has 0 bridgehead atoms. The molecule has 0 saturated heterocycles. The Morgan fingerprint density at radius 2 is 1.64 bits per heavy atom. The molecule has 7 nitrogen and oxygen atoms in total. The smallest absolute Gasteiger partial charge is 0.315 e. The summed E-state index contributed by atoms with van der Waals surface area (Å²) in [4.78, 5) is 0. The molecule has 0 aromatic carbocycles. The van der Waals surface area contributed by atoms with Gasteiger partial charge in [0.1, 0.15) is 0 Å². The third-order valence-corrected chi connectivity index (χ3v) is 6.77. The van der Waals surface area contributed by atoms with E-state index in [1.807, 2.05) is 20.8 Å². The second-order valence-corrected chi connectivity index (χ2v) is 11.5. The standard InChI is InChI=1S/C17H32N4O3S/c1-16(2,3)14-20-21-15(24-14)19-13-9-7-12(8-10-13)11-18-25(22,23)17(4,5)6/h12-13,18H,7-11H2,1-6H3,(H,19,21). The van der Waals surface area contributed by atoms with Gasteiger partial charge in [-0.1, -0.05) is 25.9 Å². The first-order chi connectivity index (χ1) is 11.4. The van der Waals surface area contributed by atoms with Crippen molar-refractivity contribution in [2.75, 3.05) is 11.9 Å². The lowest BCUT2D eigenvalue weighted by molar-refractivity contribution is 0.330. The normalized spacial score (nSPS) is 22.8. The lowest BCUT2D eigenvalue weighted by atomic mass is 9.86. The van der Waals surface area contributed by atoms with E-state index in [1.165, 1.54) is 0 Å². The summed E-state index contributed by atoms with van der Waals surface area (Å²) in [6, 6.07) is 0.769. The minimum Gasteiger partial charge on any atom is -0.408 e. The van der Waals surface area contributed by atoms with E-state index in [9.17, 15) is 8.42 Å². The molecule has 2 rings (SSSR count). The molecular weight excluding hydrogens is 340 g/mol. The van der Waals surface area contributed by atoms with Gasteiger partial charge in [0, 0.05) is 18.0 Å². The minimum absolute atomic E-state index is 0.158. The van der Waals surface area contributed by atoms with Crippen LogP contribution in [0.25, 0.3) is 0 Å². The first kappa shape index (κ1) is 20.2. The number of hydrogen-bond donors (Lipinski definition) is 2. The Hall–Kier alpha value is -1.15. The van der Waals surface area contributed by atoms with Crippen molar-refractivity contribution >= 4 is 16.0 Å². The molecule has 0 amide bonds. The molecule has 0 spiro atoms. The monoisotopic (exact) mass is 372 g/mol. The van der Waals surface area contributed by atoms with Gasteiger partial charge in [-0.15, -0.1) is 5.10 Å². The van der Waals surface area contributed by atoms with Gasteiger partial charge in [0.05, 0.1) is 4.75 Å². The number of anilines is 1. The van der Waals surface area contributed by atoms with Crippen LogP contribution >= 0.6 is 0 Å². The van der Waals surface area contributed by atoms with Crippen molar-refractivity contribution in [1.82, 2.24) is 14.9 Å². The zero-order chi connectivity index (χ0) is 18.9. The number of nitrogens with one attached hydrogen (secondary N) is 2. The Balaban J connectivity index is 1.79. The minimum atomic E-state index is -3.27. The second-order valence-electron chi connectivity index (χ2n) is 8.99. The van der Waals surface area contributed by atoms with Gasteiger partial charge in [-0.3, -0.25) is 0 Å². The van der Waals surface area contributed by atoms with Crippen molar-refractivity contribution < 1.29 is 12.8 Å². The van der Waals surface area contributed by atoms with E-state index in [2.05, 4.69) is 20.2 Å². The summed E-state index contributed by atoms with van der Waals surface area (Å²) < 4.78 is 31.9. The highest BCUT2D eigenvalue weighted by atomic mass is 32.2. The third kappa shape index (κ3) is 5.41. The number of aromatic nitrogens is 2. The summed E-state index contributed by atoms with van der Waals surface area (Å²) in [6.45, 7) is 11.8. The largest absolute Gasteiger partial charge is 0.408 e. The third-order valence-electron chi connectivity index (χ3n) is 4.61. The fourth-order valence-corrected chi connectivity index (χ4v) is 3.60. The number of rotatable bonds is 5. The lowest BCUT2D eigenvalue weighted by Gasteiger charge is -2.29. The molecule has 8 heteroatoms. The van der Waals surface area contributed by atoms with Crippen LogP contribution in [0.15, 0.2) is 4.42 Å². The summed E-state index contributed by atoms with van der Waals surface area (Å²) in [5, 5.41) is 11.5. The van der Waals surface area contributed by atoms with Crippen LogP contribution in [0, 0.1) is 5.92 Å². The predicted octanol–water partition coefficient (Wildman–Crippen LogP) is 3.06. The van der Waals surface area contributed by atoms with Gasteiger partial charge in [0.2, 0.25) is 15.9 Å². The van der Waals surface area contributed by atoms with Crippen LogP contribution in [-0.4, -0.2) is 35.9 Å². The topological polar surface area (TPSA) is 97.1 Å². The van der Waals surface area contributed by atoms with Crippen molar-refractivity contribution in [3.8, 4) is 0 Å². The van der Waals surface area contributed by atoms with E-state index in [0.29, 0.717) is 30.4 Å². The van der Waals surface area contributed by atoms with Crippen LogP contribution in [0.5, 0.6) is 0 Å². The van der Waals surface area contributed by atoms with Crippen molar-refractivity contribution in [3.05, 3.63) is 5.89 Å². The maximum absolute atomic E-state index is 12.1. The quantitative estimate of drug-likeness (QED) is 0.824. The Morgan fingerprint density at radius 3 is 2.12 bits per heavy atom. The molecule has 1 heterocycles. The Labute approximate surface area is 151 Å². The molecule has 25 heavy (non-hydrogen) atoms. The van der Waals surface area contributed by atoms with Crippen LogP contribution in [0.2, 0.25) is 0 Å². The lowest BCUT2D eigenvalue weighted by Crippen LogP contribution is -2.42. The van der Waals surface area contributed by atoms with Gasteiger partial charge in [-0.25, -0.2) is 13.1 Å². The van der Waals surface area contributed by atoms with E-state index in [4.69, 9.17) is 4.42 Å². The second kappa shape index (κ2) is 7.23. The summed E-state index contributed by atoms with van der Waals surface area (Å²) in [5.41, 5.74) is -0.158. The average Bonchev–Trinajstić information content (AvgIpc) is 2.94. The van der Waals surface area contributed by atoms with Gasteiger partial charge < -0.3 is 9.73 Å². The molecule has 0 unspecified atom stereocenters. The number of hydrogen-bond acceptors (Lipinski definition) is 6. The maximum Gasteiger partial charge on any atom is 0.315 e. The molecule has 1 saturated carbocycles. The van der Waals surface area contributed by atoms with E-state index in [1.54, 1.807) is 20.8 Å². The Bertz CT molecular complexity index is 663. The molecule has 0 radical (unpaired) electrons. The highest BCUT2D eigenvalue weighted by molar-refractivity contribution is 7.90. The van der Waals surface area contributed by atoms with Gasteiger partial charge >= 0.3 is 6.01 Å².